The lowest BCUT2D eigenvalue weighted by molar-refractivity contribution is -0.118. The Morgan fingerprint density at radius 3 is 2.67 bits per heavy atom. The Balaban J connectivity index is 2.84. The van der Waals surface area contributed by atoms with Crippen LogP contribution in [0.1, 0.15) is 13.3 Å². The summed E-state index contributed by atoms with van der Waals surface area (Å²) in [6.45, 7) is 1.67. The Labute approximate surface area is 90.8 Å². The number of carbonyl (C=O) groups excluding carboxylic acids is 1. The molecule has 1 aromatic carbocycles. The van der Waals surface area contributed by atoms with Gasteiger partial charge in [0.15, 0.2) is 17.7 Å². The maximum Gasteiger partial charge on any atom is 0.262 e. The third-order valence-corrected chi connectivity index (χ3v) is 2.03. The maximum absolute atomic E-state index is 13.1. The largest absolute Gasteiger partial charge is 0.478 e. The van der Waals surface area contributed by atoms with Gasteiger partial charge in [0.25, 0.3) is 5.24 Å². The van der Waals surface area contributed by atoms with Crippen LogP contribution < -0.4 is 4.74 Å². The number of rotatable bonds is 4. The lowest BCUT2D eigenvalue weighted by atomic mass is 10.3. The second-order valence-corrected chi connectivity index (χ2v) is 3.27. The summed E-state index contributed by atoms with van der Waals surface area (Å²) in [6, 6.07) is 2.84. The van der Waals surface area contributed by atoms with E-state index in [-0.39, 0.29) is 5.75 Å². The minimum atomic E-state index is -0.911. The second kappa shape index (κ2) is 5.07. The SMILES string of the molecule is CC[C@@H](Oc1ccc(F)cc1F)C(=O)Cl. The van der Waals surface area contributed by atoms with Crippen LogP contribution in [0.2, 0.25) is 0 Å². The topological polar surface area (TPSA) is 26.3 Å². The Morgan fingerprint density at radius 2 is 2.20 bits per heavy atom. The van der Waals surface area contributed by atoms with Crippen LogP contribution in [0.15, 0.2) is 18.2 Å². The fourth-order valence-electron chi connectivity index (χ4n) is 1.01. The summed E-state index contributed by atoms with van der Waals surface area (Å²) < 4.78 is 30.6. The second-order valence-electron chi connectivity index (χ2n) is 2.89. The highest BCUT2D eigenvalue weighted by Crippen LogP contribution is 2.20. The average molecular weight is 235 g/mol. The van der Waals surface area contributed by atoms with Crippen LogP contribution in [0.5, 0.6) is 5.75 Å². The monoisotopic (exact) mass is 234 g/mol. The Hall–Kier alpha value is -1.16. The molecule has 1 atom stereocenters. The molecule has 0 amide bonds. The molecule has 15 heavy (non-hydrogen) atoms. The lowest BCUT2D eigenvalue weighted by Crippen LogP contribution is -2.22. The van der Waals surface area contributed by atoms with Crippen LogP contribution >= 0.6 is 11.6 Å². The molecule has 0 spiro atoms. The van der Waals surface area contributed by atoms with Crippen molar-refractivity contribution in [1.82, 2.24) is 0 Å². The fraction of sp³-hybridized carbons (Fsp3) is 0.300. The molecule has 0 aliphatic rings. The zero-order valence-corrected chi connectivity index (χ0v) is 8.72. The van der Waals surface area contributed by atoms with Gasteiger partial charge in [0.05, 0.1) is 0 Å². The molecule has 0 bridgehead atoms. The van der Waals surface area contributed by atoms with Crippen molar-refractivity contribution in [1.29, 1.82) is 0 Å². The van der Waals surface area contributed by atoms with E-state index >= 15 is 0 Å². The highest BCUT2D eigenvalue weighted by atomic mass is 35.5. The zero-order chi connectivity index (χ0) is 11.4. The molecule has 1 rings (SSSR count). The number of hydrogen-bond acceptors (Lipinski definition) is 2. The molecular weight excluding hydrogens is 226 g/mol. The molecule has 1 aromatic rings. The fourth-order valence-corrected chi connectivity index (χ4v) is 1.21. The first-order chi connectivity index (χ1) is 7.04. The van der Waals surface area contributed by atoms with Crippen molar-refractivity contribution < 1.29 is 18.3 Å². The predicted molar refractivity (Wildman–Crippen MR) is 51.9 cm³/mol. The highest BCUT2D eigenvalue weighted by Gasteiger charge is 2.17. The number of hydrogen-bond donors (Lipinski definition) is 0. The molecule has 2 nitrogen and oxygen atoms in total. The van der Waals surface area contributed by atoms with E-state index in [9.17, 15) is 13.6 Å². The van der Waals surface area contributed by atoms with Crippen LogP contribution in [0.4, 0.5) is 8.78 Å². The molecule has 0 radical (unpaired) electrons. The standard InChI is InChI=1S/C10H9ClF2O2/c1-2-8(10(11)14)15-9-4-3-6(12)5-7(9)13/h3-5,8H,2H2,1H3/t8-/m1/s1. The molecule has 82 valence electrons. The van der Waals surface area contributed by atoms with E-state index in [1.165, 1.54) is 0 Å². The van der Waals surface area contributed by atoms with Gasteiger partial charge in [0, 0.05) is 6.07 Å². The van der Waals surface area contributed by atoms with Gasteiger partial charge < -0.3 is 4.74 Å². The van der Waals surface area contributed by atoms with Crippen molar-refractivity contribution >= 4 is 16.8 Å². The minimum Gasteiger partial charge on any atom is -0.478 e. The van der Waals surface area contributed by atoms with Gasteiger partial charge in [-0.1, -0.05) is 6.92 Å². The van der Waals surface area contributed by atoms with Crippen molar-refractivity contribution in [2.45, 2.75) is 19.4 Å². The molecule has 0 aliphatic heterocycles. The van der Waals surface area contributed by atoms with Gasteiger partial charge in [-0.15, -0.1) is 0 Å². The molecule has 0 fully saturated rings. The van der Waals surface area contributed by atoms with Crippen molar-refractivity contribution in [3.8, 4) is 5.75 Å². The lowest BCUT2D eigenvalue weighted by Gasteiger charge is -2.13. The van der Waals surface area contributed by atoms with E-state index in [2.05, 4.69) is 0 Å². The molecule has 0 N–H and O–H groups in total. The molecule has 0 saturated heterocycles. The van der Waals surface area contributed by atoms with Gasteiger partial charge in [-0.2, -0.15) is 0 Å². The van der Waals surface area contributed by atoms with Crippen molar-refractivity contribution in [2.75, 3.05) is 0 Å². The van der Waals surface area contributed by atoms with E-state index in [1.54, 1.807) is 6.92 Å². The van der Waals surface area contributed by atoms with Crippen LogP contribution in [0, 0.1) is 11.6 Å². The number of carbonyl (C=O) groups is 1. The molecule has 0 aliphatic carbocycles. The number of halogens is 3. The minimum absolute atomic E-state index is 0.183. The van der Waals surface area contributed by atoms with E-state index in [1.807, 2.05) is 0 Å². The molecule has 5 heteroatoms. The quantitative estimate of drug-likeness (QED) is 0.749. The van der Waals surface area contributed by atoms with E-state index < -0.39 is 23.0 Å². The van der Waals surface area contributed by atoms with E-state index in [4.69, 9.17) is 16.3 Å². The molecule has 0 saturated carbocycles. The highest BCUT2D eigenvalue weighted by molar-refractivity contribution is 6.64. The Bertz CT molecular complexity index is 368. The first-order valence-electron chi connectivity index (χ1n) is 4.35. The van der Waals surface area contributed by atoms with Crippen LogP contribution in [-0.4, -0.2) is 11.3 Å². The van der Waals surface area contributed by atoms with Crippen molar-refractivity contribution in [2.24, 2.45) is 0 Å². The molecule has 0 aromatic heterocycles. The van der Waals surface area contributed by atoms with E-state index in [0.29, 0.717) is 12.5 Å². The van der Waals surface area contributed by atoms with Gasteiger partial charge in [0.1, 0.15) is 5.82 Å². The number of ether oxygens (including phenoxy) is 1. The normalized spacial score (nSPS) is 12.3. The van der Waals surface area contributed by atoms with Crippen LogP contribution in [0.25, 0.3) is 0 Å². The smallest absolute Gasteiger partial charge is 0.262 e. The first-order valence-corrected chi connectivity index (χ1v) is 4.73. The summed E-state index contributed by atoms with van der Waals surface area (Å²) in [4.78, 5) is 10.8. The summed E-state index contributed by atoms with van der Waals surface area (Å²) in [5.41, 5.74) is 0. The Morgan fingerprint density at radius 1 is 1.53 bits per heavy atom. The average Bonchev–Trinajstić information content (AvgIpc) is 2.16. The van der Waals surface area contributed by atoms with Gasteiger partial charge in [-0.25, -0.2) is 8.78 Å². The van der Waals surface area contributed by atoms with Gasteiger partial charge >= 0.3 is 0 Å². The summed E-state index contributed by atoms with van der Waals surface area (Å²) in [5.74, 6) is -1.74. The van der Waals surface area contributed by atoms with Gasteiger partial charge in [0.2, 0.25) is 0 Å². The van der Waals surface area contributed by atoms with Crippen LogP contribution in [0.3, 0.4) is 0 Å². The molecular formula is C10H9ClF2O2. The first kappa shape index (κ1) is 11.9. The van der Waals surface area contributed by atoms with Crippen molar-refractivity contribution in [3.05, 3.63) is 29.8 Å². The van der Waals surface area contributed by atoms with E-state index in [0.717, 1.165) is 12.1 Å². The predicted octanol–water partition coefficient (Wildman–Crippen LogP) is 2.89. The van der Waals surface area contributed by atoms with Crippen molar-refractivity contribution in [3.63, 3.8) is 0 Å². The summed E-state index contributed by atoms with van der Waals surface area (Å²) in [6.07, 6.45) is -0.592. The molecule has 0 heterocycles. The third kappa shape index (κ3) is 3.16. The molecule has 0 unspecified atom stereocenters. The van der Waals surface area contributed by atoms with Gasteiger partial charge in [-0.3, -0.25) is 4.79 Å². The summed E-state index contributed by atoms with van der Waals surface area (Å²) in [7, 11) is 0. The third-order valence-electron chi connectivity index (χ3n) is 1.79. The van der Waals surface area contributed by atoms with Crippen LogP contribution in [-0.2, 0) is 4.79 Å². The number of benzene rings is 1. The Kier molecular flexibility index (Phi) is 4.03. The summed E-state index contributed by atoms with van der Waals surface area (Å²) >= 11 is 5.22. The van der Waals surface area contributed by atoms with Gasteiger partial charge in [-0.05, 0) is 30.2 Å². The zero-order valence-electron chi connectivity index (χ0n) is 7.97. The maximum atomic E-state index is 13.1. The summed E-state index contributed by atoms with van der Waals surface area (Å²) in [5, 5.41) is -0.707.